The van der Waals surface area contributed by atoms with Crippen LogP contribution in [0.15, 0.2) is 48.0 Å². The molecule has 0 spiro atoms. The number of likely N-dealkylation sites (tertiary alicyclic amines) is 1. The number of nitrogens with zero attached hydrogens (tertiary/aromatic N) is 2. The van der Waals surface area contributed by atoms with Crippen LogP contribution in [0.1, 0.15) is 17.2 Å². The number of hydrogen-bond donors (Lipinski definition) is 2. The minimum atomic E-state index is -0.998. The molecule has 1 aliphatic rings. The van der Waals surface area contributed by atoms with Gasteiger partial charge >= 0.3 is 0 Å². The van der Waals surface area contributed by atoms with Crippen LogP contribution in [-0.4, -0.2) is 59.1 Å². The Morgan fingerprint density at radius 2 is 1.74 bits per heavy atom. The highest BCUT2D eigenvalue weighted by atomic mass is 16.6. The molecule has 2 N–H and O–H groups in total. The smallest absolute Gasteiger partial charge is 0.295 e. The van der Waals surface area contributed by atoms with Crippen molar-refractivity contribution in [1.29, 1.82) is 0 Å². The average Bonchev–Trinajstić information content (AvgIpc) is 3.03. The van der Waals surface area contributed by atoms with Gasteiger partial charge in [-0.1, -0.05) is 6.07 Å². The molecule has 2 aromatic rings. The predicted molar refractivity (Wildman–Crippen MR) is 109 cm³/mol. The number of ketones is 1. The summed E-state index contributed by atoms with van der Waals surface area (Å²) in [6.07, 6.45) is 0. The van der Waals surface area contributed by atoms with Crippen molar-refractivity contribution in [2.75, 3.05) is 27.4 Å². The van der Waals surface area contributed by atoms with Gasteiger partial charge in [-0.25, -0.2) is 0 Å². The summed E-state index contributed by atoms with van der Waals surface area (Å²) in [6.45, 7) is -0.533. The van der Waals surface area contributed by atoms with Gasteiger partial charge in [0, 0.05) is 24.2 Å². The zero-order chi connectivity index (χ0) is 22.7. The van der Waals surface area contributed by atoms with Crippen LogP contribution in [-0.2, 0) is 9.59 Å². The topological polar surface area (TPSA) is 139 Å². The lowest BCUT2D eigenvalue weighted by molar-refractivity contribution is -0.384. The maximum absolute atomic E-state index is 12.8. The Balaban J connectivity index is 2.18. The molecule has 0 bridgehead atoms. The number of aliphatic hydroxyl groups is 2. The third-order valence-corrected chi connectivity index (χ3v) is 4.96. The van der Waals surface area contributed by atoms with Crippen LogP contribution in [0.5, 0.6) is 11.5 Å². The Morgan fingerprint density at radius 3 is 2.29 bits per heavy atom. The number of benzene rings is 2. The number of rotatable bonds is 7. The minimum Gasteiger partial charge on any atom is -0.507 e. The summed E-state index contributed by atoms with van der Waals surface area (Å²) >= 11 is 0. The summed E-state index contributed by atoms with van der Waals surface area (Å²) < 4.78 is 10.5. The number of carbonyl (C=O) groups is 2. The monoisotopic (exact) mass is 428 g/mol. The largest absolute Gasteiger partial charge is 0.507 e. The lowest BCUT2D eigenvalue weighted by atomic mass is 9.95. The molecule has 1 saturated heterocycles. The van der Waals surface area contributed by atoms with Gasteiger partial charge in [0.15, 0.2) is 11.5 Å². The van der Waals surface area contributed by atoms with Crippen molar-refractivity contribution < 1.29 is 34.2 Å². The molecule has 1 heterocycles. The average molecular weight is 428 g/mol. The quantitative estimate of drug-likeness (QED) is 0.224. The van der Waals surface area contributed by atoms with E-state index in [4.69, 9.17) is 9.47 Å². The number of nitro groups is 1. The standard InChI is InChI=1S/C21H20N2O8/c1-30-15-8-5-13(11-16(15)31-2)18-17(20(26)21(27)22(18)9-10-24)19(25)12-3-6-14(7-4-12)23(28)29/h3-8,11,18,24-25H,9-10H2,1-2H3/t18-/m1/s1. The lowest BCUT2D eigenvalue weighted by Gasteiger charge is -2.25. The number of amides is 1. The fourth-order valence-electron chi connectivity index (χ4n) is 3.48. The molecule has 10 heteroatoms. The number of hydrogen-bond acceptors (Lipinski definition) is 8. The first-order valence-corrected chi connectivity index (χ1v) is 9.20. The summed E-state index contributed by atoms with van der Waals surface area (Å²) in [6, 6.07) is 8.74. The molecule has 3 rings (SSSR count). The first kappa shape index (κ1) is 21.8. The number of ether oxygens (including phenoxy) is 2. The summed E-state index contributed by atoms with van der Waals surface area (Å²) in [5.74, 6) is -1.50. The first-order valence-electron chi connectivity index (χ1n) is 9.20. The molecule has 162 valence electrons. The van der Waals surface area contributed by atoms with Crippen LogP contribution < -0.4 is 9.47 Å². The van der Waals surface area contributed by atoms with Crippen LogP contribution in [0, 0.1) is 10.1 Å². The van der Waals surface area contributed by atoms with Crippen LogP contribution >= 0.6 is 0 Å². The molecule has 0 radical (unpaired) electrons. The van der Waals surface area contributed by atoms with Crippen molar-refractivity contribution >= 4 is 23.1 Å². The van der Waals surface area contributed by atoms with E-state index in [0.29, 0.717) is 17.1 Å². The molecular weight excluding hydrogens is 408 g/mol. The number of carbonyl (C=O) groups excluding carboxylic acids is 2. The highest BCUT2D eigenvalue weighted by Crippen LogP contribution is 2.41. The minimum absolute atomic E-state index is 0.137. The fraction of sp³-hybridized carbons (Fsp3) is 0.238. The number of aliphatic hydroxyl groups excluding tert-OH is 2. The summed E-state index contributed by atoms with van der Waals surface area (Å²) in [7, 11) is 2.90. The number of methoxy groups -OCH3 is 2. The van der Waals surface area contributed by atoms with Crippen LogP contribution in [0.25, 0.3) is 5.76 Å². The van der Waals surface area contributed by atoms with Crippen molar-refractivity contribution in [2.24, 2.45) is 0 Å². The maximum Gasteiger partial charge on any atom is 0.295 e. The number of nitro benzene ring substituents is 1. The SMILES string of the molecule is COc1ccc([C@@H]2C(=C(O)c3ccc([N+](=O)[O-])cc3)C(=O)C(=O)N2CCO)cc1OC. The van der Waals surface area contributed by atoms with Gasteiger partial charge in [0.2, 0.25) is 0 Å². The molecule has 1 aliphatic heterocycles. The second-order valence-corrected chi connectivity index (χ2v) is 6.63. The second-order valence-electron chi connectivity index (χ2n) is 6.63. The van der Waals surface area contributed by atoms with Gasteiger partial charge in [0.05, 0.1) is 37.4 Å². The molecule has 0 aliphatic carbocycles. The number of Topliss-reactive ketones (excluding diaryl/α,β-unsaturated/α-hetero) is 1. The van der Waals surface area contributed by atoms with Crippen molar-refractivity contribution in [1.82, 2.24) is 4.90 Å². The van der Waals surface area contributed by atoms with E-state index in [9.17, 15) is 29.9 Å². The van der Waals surface area contributed by atoms with Crippen molar-refractivity contribution in [2.45, 2.75) is 6.04 Å². The fourth-order valence-corrected chi connectivity index (χ4v) is 3.48. The molecule has 1 atom stereocenters. The van der Waals surface area contributed by atoms with Crippen molar-refractivity contribution in [3.63, 3.8) is 0 Å². The van der Waals surface area contributed by atoms with Gasteiger partial charge in [-0.2, -0.15) is 0 Å². The molecule has 0 saturated carbocycles. The van der Waals surface area contributed by atoms with Crippen LogP contribution in [0.4, 0.5) is 5.69 Å². The van der Waals surface area contributed by atoms with E-state index < -0.39 is 35.0 Å². The van der Waals surface area contributed by atoms with E-state index in [1.165, 1.54) is 38.5 Å². The van der Waals surface area contributed by atoms with Gasteiger partial charge in [0.25, 0.3) is 17.4 Å². The number of non-ortho nitro benzene ring substituents is 1. The van der Waals surface area contributed by atoms with Gasteiger partial charge < -0.3 is 24.6 Å². The lowest BCUT2D eigenvalue weighted by Crippen LogP contribution is -2.32. The van der Waals surface area contributed by atoms with Crippen LogP contribution in [0.2, 0.25) is 0 Å². The van der Waals surface area contributed by atoms with E-state index in [1.807, 2.05) is 0 Å². The van der Waals surface area contributed by atoms with Crippen molar-refractivity contribution in [3.05, 3.63) is 69.3 Å². The van der Waals surface area contributed by atoms with Crippen LogP contribution in [0.3, 0.4) is 0 Å². The Labute approximate surface area is 177 Å². The highest BCUT2D eigenvalue weighted by Gasteiger charge is 2.46. The normalized spacial score (nSPS) is 17.6. The van der Waals surface area contributed by atoms with E-state index in [0.717, 1.165) is 4.90 Å². The second kappa shape index (κ2) is 8.84. The molecule has 0 unspecified atom stereocenters. The highest BCUT2D eigenvalue weighted by molar-refractivity contribution is 6.46. The molecule has 1 fully saturated rings. The summed E-state index contributed by atoms with van der Waals surface area (Å²) in [5.41, 5.74) is 0.208. The van der Waals surface area contributed by atoms with E-state index in [-0.39, 0.29) is 23.4 Å². The van der Waals surface area contributed by atoms with E-state index in [1.54, 1.807) is 18.2 Å². The Hall–Kier alpha value is -3.92. The predicted octanol–water partition coefficient (Wildman–Crippen LogP) is 2.03. The Kier molecular flexibility index (Phi) is 6.21. The van der Waals surface area contributed by atoms with E-state index >= 15 is 0 Å². The van der Waals surface area contributed by atoms with E-state index in [2.05, 4.69) is 0 Å². The zero-order valence-corrected chi connectivity index (χ0v) is 16.8. The third kappa shape index (κ3) is 3.92. The summed E-state index contributed by atoms with van der Waals surface area (Å²) in [4.78, 5) is 36.8. The summed E-state index contributed by atoms with van der Waals surface area (Å²) in [5, 5.41) is 31.2. The molecule has 1 amide bonds. The molecule has 31 heavy (non-hydrogen) atoms. The van der Waals surface area contributed by atoms with Gasteiger partial charge in [0.1, 0.15) is 5.76 Å². The Bertz CT molecular complexity index is 1060. The van der Waals surface area contributed by atoms with Gasteiger partial charge in [-0.3, -0.25) is 19.7 Å². The number of β-amino-alcohol motifs (C(OH)–C–C–N with tert-alkyl or cyclic N) is 1. The Morgan fingerprint density at radius 1 is 1.10 bits per heavy atom. The first-order chi connectivity index (χ1) is 14.8. The maximum atomic E-state index is 12.8. The van der Waals surface area contributed by atoms with Gasteiger partial charge in [-0.05, 0) is 29.8 Å². The molecular formula is C21H20N2O8. The molecule has 10 nitrogen and oxygen atoms in total. The third-order valence-electron chi connectivity index (χ3n) is 4.96. The molecule has 0 aromatic heterocycles. The zero-order valence-electron chi connectivity index (χ0n) is 16.8. The molecule has 2 aromatic carbocycles. The van der Waals surface area contributed by atoms with Crippen molar-refractivity contribution in [3.8, 4) is 11.5 Å². The van der Waals surface area contributed by atoms with Gasteiger partial charge in [-0.15, -0.1) is 0 Å².